The van der Waals surface area contributed by atoms with Crippen molar-refractivity contribution in [2.45, 2.75) is 12.5 Å². The van der Waals surface area contributed by atoms with Gasteiger partial charge >= 0.3 is 0 Å². The molecule has 1 unspecified atom stereocenters. The minimum absolute atomic E-state index is 0.249. The van der Waals surface area contributed by atoms with Crippen molar-refractivity contribution >= 4 is 22.6 Å². The Morgan fingerprint density at radius 3 is 2.77 bits per heavy atom. The zero-order valence-electron chi connectivity index (χ0n) is 7.13. The fourth-order valence-electron chi connectivity index (χ4n) is 1.13. The van der Waals surface area contributed by atoms with Crippen LogP contribution in [0.2, 0.25) is 0 Å². The zero-order valence-corrected chi connectivity index (χ0v) is 9.29. The molecule has 4 heteroatoms. The maximum atomic E-state index is 13.2. The molecule has 2 nitrogen and oxygen atoms in total. The maximum Gasteiger partial charge on any atom is 0.128 e. The molecule has 0 radical (unpaired) electrons. The summed E-state index contributed by atoms with van der Waals surface area (Å²) in [6.45, 7) is 0.478. The second kappa shape index (κ2) is 4.88. The molecule has 13 heavy (non-hydrogen) atoms. The van der Waals surface area contributed by atoms with Gasteiger partial charge in [-0.05, 0) is 53.8 Å². The molecule has 0 fully saturated rings. The lowest BCUT2D eigenvalue weighted by Crippen LogP contribution is -2.16. The van der Waals surface area contributed by atoms with Gasteiger partial charge in [-0.1, -0.05) is 0 Å². The van der Waals surface area contributed by atoms with Crippen LogP contribution in [0.4, 0.5) is 4.39 Å². The Bertz CT molecular complexity index is 291. The van der Waals surface area contributed by atoms with E-state index in [-0.39, 0.29) is 11.9 Å². The highest BCUT2D eigenvalue weighted by atomic mass is 127. The molecule has 0 aliphatic rings. The third kappa shape index (κ3) is 2.89. The summed E-state index contributed by atoms with van der Waals surface area (Å²) < 4.78 is 14.2. The predicted molar refractivity (Wildman–Crippen MR) is 59.7 cm³/mol. The van der Waals surface area contributed by atoms with Gasteiger partial charge < -0.3 is 11.5 Å². The number of hydrogen-bond acceptors (Lipinski definition) is 2. The van der Waals surface area contributed by atoms with E-state index in [0.29, 0.717) is 18.5 Å². The summed E-state index contributed by atoms with van der Waals surface area (Å²) in [4.78, 5) is 0. The third-order valence-electron chi connectivity index (χ3n) is 1.84. The second-order valence-electron chi connectivity index (χ2n) is 2.85. The third-order valence-corrected chi connectivity index (χ3v) is 2.51. The first-order chi connectivity index (χ1) is 6.15. The molecule has 4 N–H and O–H groups in total. The SMILES string of the molecule is NCCC(N)c1cc(I)ccc1F. The number of benzene rings is 1. The topological polar surface area (TPSA) is 52.0 Å². The molecule has 0 spiro atoms. The number of hydrogen-bond donors (Lipinski definition) is 2. The van der Waals surface area contributed by atoms with E-state index in [4.69, 9.17) is 11.5 Å². The van der Waals surface area contributed by atoms with Crippen molar-refractivity contribution in [2.75, 3.05) is 6.54 Å². The fraction of sp³-hybridized carbons (Fsp3) is 0.333. The van der Waals surface area contributed by atoms with Crippen LogP contribution >= 0.6 is 22.6 Å². The van der Waals surface area contributed by atoms with Crippen molar-refractivity contribution in [3.05, 3.63) is 33.1 Å². The normalized spacial score (nSPS) is 12.9. The van der Waals surface area contributed by atoms with Crippen molar-refractivity contribution in [1.82, 2.24) is 0 Å². The van der Waals surface area contributed by atoms with Crippen molar-refractivity contribution in [1.29, 1.82) is 0 Å². The van der Waals surface area contributed by atoms with Crippen molar-refractivity contribution in [3.63, 3.8) is 0 Å². The van der Waals surface area contributed by atoms with Crippen LogP contribution in [0.3, 0.4) is 0 Å². The van der Waals surface area contributed by atoms with E-state index in [1.54, 1.807) is 12.1 Å². The highest BCUT2D eigenvalue weighted by molar-refractivity contribution is 14.1. The molecule has 1 aromatic carbocycles. The van der Waals surface area contributed by atoms with Gasteiger partial charge in [0.15, 0.2) is 0 Å². The Hall–Kier alpha value is -0.200. The summed E-state index contributed by atoms with van der Waals surface area (Å²) in [5, 5.41) is 0. The molecule has 0 aromatic heterocycles. The van der Waals surface area contributed by atoms with E-state index in [1.165, 1.54) is 6.07 Å². The van der Waals surface area contributed by atoms with Crippen LogP contribution < -0.4 is 11.5 Å². The van der Waals surface area contributed by atoms with Gasteiger partial charge in [-0.2, -0.15) is 0 Å². The molecule has 0 saturated heterocycles. The Balaban J connectivity index is 2.91. The van der Waals surface area contributed by atoms with Gasteiger partial charge in [0.2, 0.25) is 0 Å². The van der Waals surface area contributed by atoms with Gasteiger partial charge in [-0.15, -0.1) is 0 Å². The Labute approximate surface area is 90.6 Å². The predicted octanol–water partition coefficient (Wildman–Crippen LogP) is 1.78. The van der Waals surface area contributed by atoms with Gasteiger partial charge in [0, 0.05) is 15.2 Å². The molecule has 1 aromatic rings. The monoisotopic (exact) mass is 294 g/mol. The molecular weight excluding hydrogens is 282 g/mol. The Kier molecular flexibility index (Phi) is 4.08. The second-order valence-corrected chi connectivity index (χ2v) is 4.10. The molecule has 0 aliphatic carbocycles. The van der Waals surface area contributed by atoms with E-state index < -0.39 is 0 Å². The first-order valence-electron chi connectivity index (χ1n) is 4.05. The summed E-state index contributed by atoms with van der Waals surface area (Å²) in [7, 11) is 0. The van der Waals surface area contributed by atoms with Crippen LogP contribution in [-0.2, 0) is 0 Å². The Morgan fingerprint density at radius 1 is 1.46 bits per heavy atom. The van der Waals surface area contributed by atoms with Crippen LogP contribution in [0.1, 0.15) is 18.0 Å². The van der Waals surface area contributed by atoms with Gasteiger partial charge in [-0.25, -0.2) is 4.39 Å². The minimum atomic E-state index is -0.292. The summed E-state index contributed by atoms with van der Waals surface area (Å²) >= 11 is 2.13. The molecular formula is C9H12FIN2. The van der Waals surface area contributed by atoms with Crippen molar-refractivity contribution < 1.29 is 4.39 Å². The Morgan fingerprint density at radius 2 is 2.15 bits per heavy atom. The van der Waals surface area contributed by atoms with Crippen LogP contribution in [0, 0.1) is 9.39 Å². The quantitative estimate of drug-likeness (QED) is 0.835. The van der Waals surface area contributed by atoms with Crippen LogP contribution in [0.5, 0.6) is 0 Å². The lowest BCUT2D eigenvalue weighted by molar-refractivity contribution is 0.567. The first-order valence-corrected chi connectivity index (χ1v) is 5.13. The minimum Gasteiger partial charge on any atom is -0.330 e. The van der Waals surface area contributed by atoms with Gasteiger partial charge in [-0.3, -0.25) is 0 Å². The highest BCUT2D eigenvalue weighted by Gasteiger charge is 2.10. The van der Waals surface area contributed by atoms with E-state index >= 15 is 0 Å². The standard InChI is InChI=1S/C9H12FIN2/c10-8-2-1-6(11)5-7(8)9(13)3-4-12/h1-2,5,9H,3-4,12-13H2. The van der Waals surface area contributed by atoms with E-state index in [1.807, 2.05) is 0 Å². The van der Waals surface area contributed by atoms with Gasteiger partial charge in [0.25, 0.3) is 0 Å². The van der Waals surface area contributed by atoms with E-state index in [0.717, 1.165) is 3.57 Å². The maximum absolute atomic E-state index is 13.2. The largest absolute Gasteiger partial charge is 0.330 e. The zero-order chi connectivity index (χ0) is 9.84. The fourth-order valence-corrected chi connectivity index (χ4v) is 1.65. The average molecular weight is 294 g/mol. The molecule has 0 saturated carbocycles. The smallest absolute Gasteiger partial charge is 0.128 e. The summed E-state index contributed by atoms with van der Waals surface area (Å²) in [6.07, 6.45) is 0.608. The average Bonchev–Trinajstić information content (AvgIpc) is 2.09. The molecule has 72 valence electrons. The van der Waals surface area contributed by atoms with Crippen molar-refractivity contribution in [3.8, 4) is 0 Å². The van der Waals surface area contributed by atoms with E-state index in [2.05, 4.69) is 22.6 Å². The van der Waals surface area contributed by atoms with Gasteiger partial charge in [0.1, 0.15) is 5.82 Å². The number of nitrogens with two attached hydrogens (primary N) is 2. The summed E-state index contributed by atoms with van der Waals surface area (Å²) in [5.41, 5.74) is 11.7. The van der Waals surface area contributed by atoms with E-state index in [9.17, 15) is 4.39 Å². The van der Waals surface area contributed by atoms with Crippen LogP contribution in [-0.4, -0.2) is 6.54 Å². The lowest BCUT2D eigenvalue weighted by Gasteiger charge is -2.11. The van der Waals surface area contributed by atoms with Crippen LogP contribution in [0.25, 0.3) is 0 Å². The number of rotatable bonds is 3. The lowest BCUT2D eigenvalue weighted by atomic mass is 10.0. The summed E-state index contributed by atoms with van der Waals surface area (Å²) in [5.74, 6) is -0.249. The van der Waals surface area contributed by atoms with Gasteiger partial charge in [0.05, 0.1) is 0 Å². The van der Waals surface area contributed by atoms with Crippen LogP contribution in [0.15, 0.2) is 18.2 Å². The molecule has 1 rings (SSSR count). The molecule has 0 heterocycles. The molecule has 0 amide bonds. The summed E-state index contributed by atoms with van der Waals surface area (Å²) in [6, 6.07) is 4.62. The molecule has 1 atom stereocenters. The highest BCUT2D eigenvalue weighted by Crippen LogP contribution is 2.19. The number of halogens is 2. The first kappa shape index (κ1) is 10.9. The molecule has 0 bridgehead atoms. The van der Waals surface area contributed by atoms with Crippen molar-refractivity contribution in [2.24, 2.45) is 11.5 Å². The molecule has 0 aliphatic heterocycles.